The molecule has 0 aliphatic heterocycles. The van der Waals surface area contributed by atoms with E-state index in [0.717, 1.165) is 13.0 Å². The van der Waals surface area contributed by atoms with E-state index in [1.165, 1.54) is 0 Å². The van der Waals surface area contributed by atoms with Crippen LogP contribution < -0.4 is 5.32 Å². The average molecular weight is 146 g/mol. The van der Waals surface area contributed by atoms with Crippen LogP contribution in [0, 0.1) is 0 Å². The molecule has 60 valence electrons. The molecule has 0 aromatic rings. The van der Waals surface area contributed by atoms with Crippen LogP contribution >= 0.6 is 0 Å². The number of nitrogens with zero attached hydrogens (tertiary/aromatic N) is 1. The van der Waals surface area contributed by atoms with Crippen LogP contribution in [0.1, 0.15) is 6.92 Å². The highest BCUT2D eigenvalue weighted by atomic mass is 16.1. The number of amides is 2. The molecule has 0 rings (SSSR count). The third kappa shape index (κ3) is 15.8. The van der Waals surface area contributed by atoms with Crippen LogP contribution in [-0.4, -0.2) is 38.4 Å². The zero-order valence-corrected chi connectivity index (χ0v) is 6.63. The van der Waals surface area contributed by atoms with Gasteiger partial charge in [0.15, 0.2) is 0 Å². The number of carbonyl (C=O) groups excluding carboxylic acids is 2. The molecule has 0 aromatic heterocycles. The summed E-state index contributed by atoms with van der Waals surface area (Å²) in [6.07, 6.45) is 1.43. The zero-order chi connectivity index (χ0) is 8.41. The topological polar surface area (TPSA) is 49.4 Å². The minimum atomic E-state index is 0.625. The monoisotopic (exact) mass is 146 g/mol. The standard InChI is InChI=1S/C4H9NO.C2H5NO/c1-3-5(2)4-6;1-3-2-4/h4H,3H2,1-2H3;2H,1H3,(H,3,4). The molecule has 4 heteroatoms. The van der Waals surface area contributed by atoms with Crippen LogP contribution in [0.5, 0.6) is 0 Å². The van der Waals surface area contributed by atoms with Gasteiger partial charge < -0.3 is 10.2 Å². The van der Waals surface area contributed by atoms with E-state index >= 15 is 0 Å². The van der Waals surface area contributed by atoms with E-state index in [9.17, 15) is 4.79 Å². The van der Waals surface area contributed by atoms with Crippen LogP contribution in [0.25, 0.3) is 0 Å². The highest BCUT2D eigenvalue weighted by Gasteiger charge is 1.79. The quantitative estimate of drug-likeness (QED) is 0.543. The fourth-order valence-corrected chi connectivity index (χ4v) is 0.0745. The Hall–Kier alpha value is -1.06. The fourth-order valence-electron chi connectivity index (χ4n) is 0.0745. The Morgan fingerprint density at radius 1 is 1.50 bits per heavy atom. The van der Waals surface area contributed by atoms with Crippen molar-refractivity contribution in [3.8, 4) is 0 Å². The minimum absolute atomic E-state index is 0.625. The molecule has 0 bridgehead atoms. The van der Waals surface area contributed by atoms with Gasteiger partial charge in [-0.3, -0.25) is 9.59 Å². The molecule has 0 saturated carbocycles. The molecule has 0 unspecified atom stereocenters. The molecule has 0 spiro atoms. The van der Waals surface area contributed by atoms with Gasteiger partial charge in [-0.05, 0) is 6.92 Å². The second kappa shape index (κ2) is 10.8. The molecular formula is C6H14N2O2. The van der Waals surface area contributed by atoms with Crippen LogP contribution in [0.15, 0.2) is 0 Å². The van der Waals surface area contributed by atoms with Gasteiger partial charge in [0.1, 0.15) is 0 Å². The van der Waals surface area contributed by atoms with Gasteiger partial charge in [-0.15, -0.1) is 0 Å². The van der Waals surface area contributed by atoms with Crippen molar-refractivity contribution in [2.45, 2.75) is 6.92 Å². The predicted molar refractivity (Wildman–Crippen MR) is 39.5 cm³/mol. The lowest BCUT2D eigenvalue weighted by molar-refractivity contribution is -0.116. The summed E-state index contributed by atoms with van der Waals surface area (Å²) in [6.45, 7) is 2.72. The molecule has 0 aliphatic carbocycles. The largest absolute Gasteiger partial charge is 0.362 e. The molecule has 10 heavy (non-hydrogen) atoms. The van der Waals surface area contributed by atoms with Crippen molar-refractivity contribution >= 4 is 12.8 Å². The third-order valence-electron chi connectivity index (χ3n) is 0.797. The first-order chi connectivity index (χ1) is 4.72. The van der Waals surface area contributed by atoms with E-state index < -0.39 is 0 Å². The van der Waals surface area contributed by atoms with Crippen molar-refractivity contribution < 1.29 is 9.59 Å². The summed E-state index contributed by atoms with van der Waals surface area (Å²) < 4.78 is 0. The Balaban J connectivity index is 0. The Morgan fingerprint density at radius 3 is 1.90 bits per heavy atom. The van der Waals surface area contributed by atoms with Crippen LogP contribution in [0.3, 0.4) is 0 Å². The zero-order valence-electron chi connectivity index (χ0n) is 6.63. The molecular weight excluding hydrogens is 132 g/mol. The van der Waals surface area contributed by atoms with Crippen LogP contribution in [0.2, 0.25) is 0 Å². The van der Waals surface area contributed by atoms with Crippen molar-refractivity contribution in [3.05, 3.63) is 0 Å². The highest BCUT2D eigenvalue weighted by molar-refractivity contribution is 5.45. The lowest BCUT2D eigenvalue weighted by Crippen LogP contribution is -2.13. The summed E-state index contributed by atoms with van der Waals surface area (Å²) in [5, 5.41) is 2.25. The van der Waals surface area contributed by atoms with Crippen LogP contribution in [-0.2, 0) is 9.59 Å². The first kappa shape index (κ1) is 11.7. The number of hydrogen-bond donors (Lipinski definition) is 1. The molecule has 2 amide bonds. The van der Waals surface area contributed by atoms with Gasteiger partial charge in [-0.2, -0.15) is 0 Å². The smallest absolute Gasteiger partial charge is 0.209 e. The second-order valence-electron chi connectivity index (χ2n) is 1.59. The van der Waals surface area contributed by atoms with Gasteiger partial charge in [-0.25, -0.2) is 0 Å². The minimum Gasteiger partial charge on any atom is -0.362 e. The Kier molecular flexibility index (Phi) is 12.7. The van der Waals surface area contributed by atoms with Crippen LogP contribution in [0.4, 0.5) is 0 Å². The lowest BCUT2D eigenvalue weighted by atomic mass is 10.7. The van der Waals surface area contributed by atoms with E-state index in [1.807, 2.05) is 6.92 Å². The van der Waals surface area contributed by atoms with E-state index in [2.05, 4.69) is 5.32 Å². The van der Waals surface area contributed by atoms with Crippen molar-refractivity contribution in [2.24, 2.45) is 0 Å². The number of carbonyl (C=O) groups is 2. The maximum Gasteiger partial charge on any atom is 0.209 e. The van der Waals surface area contributed by atoms with E-state index in [1.54, 1.807) is 19.0 Å². The summed E-state index contributed by atoms with van der Waals surface area (Å²) in [7, 11) is 3.31. The molecule has 0 heterocycles. The first-order valence-electron chi connectivity index (χ1n) is 2.99. The molecule has 0 atom stereocenters. The SMILES string of the molecule is CCN(C)C=O.CNC=O. The molecule has 0 radical (unpaired) electrons. The Morgan fingerprint density at radius 2 is 1.90 bits per heavy atom. The Labute approximate surface area is 61.2 Å². The maximum absolute atomic E-state index is 9.66. The number of hydrogen-bond acceptors (Lipinski definition) is 2. The normalized spacial score (nSPS) is 6.70. The van der Waals surface area contributed by atoms with Gasteiger partial charge in [0, 0.05) is 20.6 Å². The summed E-state index contributed by atoms with van der Waals surface area (Å²) >= 11 is 0. The lowest BCUT2D eigenvalue weighted by Gasteiger charge is -2.01. The van der Waals surface area contributed by atoms with Gasteiger partial charge in [0.2, 0.25) is 12.8 Å². The summed E-state index contributed by atoms with van der Waals surface area (Å²) in [4.78, 5) is 20.3. The molecule has 0 aromatic carbocycles. The van der Waals surface area contributed by atoms with Gasteiger partial charge in [0.25, 0.3) is 0 Å². The average Bonchev–Trinajstić information content (AvgIpc) is 2.03. The van der Waals surface area contributed by atoms with E-state index in [-0.39, 0.29) is 0 Å². The van der Waals surface area contributed by atoms with Crippen molar-refractivity contribution in [1.82, 2.24) is 10.2 Å². The van der Waals surface area contributed by atoms with Gasteiger partial charge in [-0.1, -0.05) is 0 Å². The predicted octanol–water partition coefficient (Wildman–Crippen LogP) is -0.543. The van der Waals surface area contributed by atoms with Gasteiger partial charge in [0.05, 0.1) is 0 Å². The summed E-state index contributed by atoms with van der Waals surface area (Å²) in [5.41, 5.74) is 0. The number of nitrogens with one attached hydrogen (secondary N) is 1. The summed E-state index contributed by atoms with van der Waals surface area (Å²) in [5.74, 6) is 0. The fraction of sp³-hybridized carbons (Fsp3) is 0.667. The molecule has 0 saturated heterocycles. The Bertz CT molecular complexity index is 85.8. The highest BCUT2D eigenvalue weighted by Crippen LogP contribution is 1.66. The molecule has 4 nitrogen and oxygen atoms in total. The van der Waals surface area contributed by atoms with E-state index in [4.69, 9.17) is 4.79 Å². The van der Waals surface area contributed by atoms with Gasteiger partial charge >= 0.3 is 0 Å². The number of rotatable bonds is 3. The third-order valence-corrected chi connectivity index (χ3v) is 0.797. The molecule has 0 fully saturated rings. The summed E-state index contributed by atoms with van der Waals surface area (Å²) in [6, 6.07) is 0. The molecule has 1 N–H and O–H groups in total. The molecule has 0 aliphatic rings. The van der Waals surface area contributed by atoms with Crippen molar-refractivity contribution in [3.63, 3.8) is 0 Å². The van der Waals surface area contributed by atoms with Crippen molar-refractivity contribution in [2.75, 3.05) is 20.6 Å². The van der Waals surface area contributed by atoms with Crippen molar-refractivity contribution in [1.29, 1.82) is 0 Å². The van der Waals surface area contributed by atoms with E-state index in [0.29, 0.717) is 6.41 Å². The first-order valence-corrected chi connectivity index (χ1v) is 2.99. The maximum atomic E-state index is 9.66. The second-order valence-corrected chi connectivity index (χ2v) is 1.59.